The molecule has 0 spiro atoms. The molecule has 2 heteroatoms. The summed E-state index contributed by atoms with van der Waals surface area (Å²) in [5.74, 6) is 0.252. The fourth-order valence-electron chi connectivity index (χ4n) is 0.450. The Hall–Kier alpha value is -0.920. The Balaban J connectivity index is 2.57. The van der Waals surface area contributed by atoms with Gasteiger partial charge >= 0.3 is 0 Å². The smallest absolute Gasteiger partial charge is 0.184 e. The quantitative estimate of drug-likeness (QED) is 0.462. The van der Waals surface area contributed by atoms with Crippen LogP contribution in [0.5, 0.6) is 0 Å². The monoisotopic (exact) mass is 97.1 g/mol. The minimum atomic E-state index is 0.252. The lowest BCUT2D eigenvalue weighted by Gasteiger charge is -2.02. The third-order valence-electron chi connectivity index (χ3n) is 0.791. The van der Waals surface area contributed by atoms with E-state index in [1.807, 2.05) is 12.2 Å². The fraction of sp³-hybridized carbons (Fsp3) is 0.200. The molecular formula is C5H7NO. The second-order valence-electron chi connectivity index (χ2n) is 1.36. The second kappa shape index (κ2) is 1.69. The highest BCUT2D eigenvalue weighted by Gasteiger charge is 1.88. The van der Waals surface area contributed by atoms with E-state index in [1.165, 1.54) is 0 Å². The van der Waals surface area contributed by atoms with Gasteiger partial charge in [-0.1, -0.05) is 12.2 Å². The molecule has 38 valence electrons. The van der Waals surface area contributed by atoms with Gasteiger partial charge in [0.2, 0.25) is 0 Å². The minimum absolute atomic E-state index is 0.252. The van der Waals surface area contributed by atoms with E-state index in [9.17, 15) is 0 Å². The molecule has 0 bridgehead atoms. The van der Waals surface area contributed by atoms with E-state index in [1.54, 1.807) is 6.08 Å². The number of dihydropyridines is 1. The van der Waals surface area contributed by atoms with Crippen molar-refractivity contribution in [2.24, 2.45) is 0 Å². The van der Waals surface area contributed by atoms with Crippen LogP contribution in [-0.2, 0) is 0 Å². The molecule has 0 aliphatic carbocycles. The molecule has 0 unspecified atom stereocenters. The SMILES string of the molecule is OC1=CC=CCN1. The van der Waals surface area contributed by atoms with E-state index in [0.717, 1.165) is 6.54 Å². The van der Waals surface area contributed by atoms with Gasteiger partial charge in [0, 0.05) is 6.54 Å². The Morgan fingerprint density at radius 2 is 2.57 bits per heavy atom. The molecular weight excluding hydrogens is 90.1 g/mol. The predicted octanol–water partition coefficient (Wildman–Crippen LogP) is 0.545. The minimum Gasteiger partial charge on any atom is -0.495 e. The first-order chi connectivity index (χ1) is 3.39. The Morgan fingerprint density at radius 1 is 1.71 bits per heavy atom. The lowest BCUT2D eigenvalue weighted by molar-refractivity contribution is 0.369. The second-order valence-corrected chi connectivity index (χ2v) is 1.36. The van der Waals surface area contributed by atoms with Crippen LogP contribution in [-0.4, -0.2) is 11.7 Å². The summed E-state index contributed by atoms with van der Waals surface area (Å²) < 4.78 is 0. The van der Waals surface area contributed by atoms with Crippen molar-refractivity contribution in [3.8, 4) is 0 Å². The lowest BCUT2D eigenvalue weighted by Crippen LogP contribution is -2.14. The van der Waals surface area contributed by atoms with E-state index in [2.05, 4.69) is 5.32 Å². The summed E-state index contributed by atoms with van der Waals surface area (Å²) in [6, 6.07) is 0. The molecule has 1 heterocycles. The zero-order chi connectivity index (χ0) is 5.11. The summed E-state index contributed by atoms with van der Waals surface area (Å²) in [5, 5.41) is 11.3. The van der Waals surface area contributed by atoms with Gasteiger partial charge in [-0.05, 0) is 6.08 Å². The van der Waals surface area contributed by atoms with Crippen molar-refractivity contribution < 1.29 is 5.11 Å². The van der Waals surface area contributed by atoms with Crippen LogP contribution in [0.4, 0.5) is 0 Å². The van der Waals surface area contributed by atoms with Gasteiger partial charge < -0.3 is 10.4 Å². The average molecular weight is 97.1 g/mol. The molecule has 2 N–H and O–H groups in total. The van der Waals surface area contributed by atoms with E-state index < -0.39 is 0 Å². The molecule has 0 atom stereocenters. The molecule has 0 fully saturated rings. The predicted molar refractivity (Wildman–Crippen MR) is 27.9 cm³/mol. The topological polar surface area (TPSA) is 32.3 Å². The number of allylic oxidation sites excluding steroid dienone is 2. The maximum Gasteiger partial charge on any atom is 0.184 e. The first kappa shape index (κ1) is 4.24. The van der Waals surface area contributed by atoms with Gasteiger partial charge in [-0.3, -0.25) is 0 Å². The van der Waals surface area contributed by atoms with E-state index in [0.29, 0.717) is 0 Å². The van der Waals surface area contributed by atoms with E-state index >= 15 is 0 Å². The largest absolute Gasteiger partial charge is 0.495 e. The Kier molecular flexibility index (Phi) is 1.02. The lowest BCUT2D eigenvalue weighted by atomic mass is 10.4. The number of aliphatic hydroxyl groups excluding tert-OH is 1. The first-order valence-corrected chi connectivity index (χ1v) is 2.19. The first-order valence-electron chi connectivity index (χ1n) is 2.19. The van der Waals surface area contributed by atoms with Gasteiger partial charge in [0.05, 0.1) is 0 Å². The Labute approximate surface area is 42.2 Å². The maximum atomic E-state index is 8.61. The summed E-state index contributed by atoms with van der Waals surface area (Å²) in [4.78, 5) is 0. The number of rotatable bonds is 0. The van der Waals surface area contributed by atoms with Crippen molar-refractivity contribution in [1.29, 1.82) is 0 Å². The van der Waals surface area contributed by atoms with Crippen LogP contribution in [0.25, 0.3) is 0 Å². The summed E-state index contributed by atoms with van der Waals surface area (Å²) >= 11 is 0. The van der Waals surface area contributed by atoms with Gasteiger partial charge in [0.15, 0.2) is 5.88 Å². The maximum absolute atomic E-state index is 8.61. The molecule has 0 radical (unpaired) electrons. The molecule has 0 aromatic heterocycles. The number of hydrogen-bond acceptors (Lipinski definition) is 2. The molecule has 0 aromatic rings. The van der Waals surface area contributed by atoms with Crippen LogP contribution in [0.2, 0.25) is 0 Å². The summed E-state index contributed by atoms with van der Waals surface area (Å²) in [5.41, 5.74) is 0. The third kappa shape index (κ3) is 0.961. The molecule has 1 aliphatic rings. The normalized spacial score (nSPS) is 18.0. The van der Waals surface area contributed by atoms with Crippen molar-refractivity contribution in [3.05, 3.63) is 24.1 Å². The summed E-state index contributed by atoms with van der Waals surface area (Å²) in [7, 11) is 0. The van der Waals surface area contributed by atoms with Gasteiger partial charge in [-0.15, -0.1) is 0 Å². The van der Waals surface area contributed by atoms with Crippen LogP contribution in [0.15, 0.2) is 24.1 Å². The Morgan fingerprint density at radius 3 is 2.86 bits per heavy atom. The summed E-state index contributed by atoms with van der Waals surface area (Å²) in [6.07, 6.45) is 5.36. The average Bonchev–Trinajstić information content (AvgIpc) is 1.69. The van der Waals surface area contributed by atoms with Crippen LogP contribution in [0.3, 0.4) is 0 Å². The van der Waals surface area contributed by atoms with Crippen LogP contribution in [0.1, 0.15) is 0 Å². The number of nitrogens with one attached hydrogen (secondary N) is 1. The zero-order valence-electron chi connectivity index (χ0n) is 3.89. The van der Waals surface area contributed by atoms with Crippen molar-refractivity contribution in [2.75, 3.05) is 6.54 Å². The third-order valence-corrected chi connectivity index (χ3v) is 0.791. The fourth-order valence-corrected chi connectivity index (χ4v) is 0.450. The molecule has 0 saturated carbocycles. The molecule has 0 aromatic carbocycles. The highest BCUT2D eigenvalue weighted by Crippen LogP contribution is 1.88. The van der Waals surface area contributed by atoms with Gasteiger partial charge in [-0.25, -0.2) is 0 Å². The van der Waals surface area contributed by atoms with Gasteiger partial charge in [-0.2, -0.15) is 0 Å². The van der Waals surface area contributed by atoms with Crippen molar-refractivity contribution in [3.63, 3.8) is 0 Å². The number of aliphatic hydroxyl groups is 1. The summed E-state index contributed by atoms with van der Waals surface area (Å²) in [6.45, 7) is 0.738. The molecule has 7 heavy (non-hydrogen) atoms. The van der Waals surface area contributed by atoms with Crippen LogP contribution in [0, 0.1) is 0 Å². The van der Waals surface area contributed by atoms with E-state index in [-0.39, 0.29) is 5.88 Å². The van der Waals surface area contributed by atoms with Crippen molar-refractivity contribution >= 4 is 0 Å². The molecule has 0 amide bonds. The van der Waals surface area contributed by atoms with Crippen LogP contribution < -0.4 is 5.32 Å². The van der Waals surface area contributed by atoms with Gasteiger partial charge in [0.25, 0.3) is 0 Å². The van der Waals surface area contributed by atoms with Crippen molar-refractivity contribution in [2.45, 2.75) is 0 Å². The Bertz CT molecular complexity index is 115. The number of hydrogen-bond donors (Lipinski definition) is 2. The van der Waals surface area contributed by atoms with Gasteiger partial charge in [0.1, 0.15) is 0 Å². The standard InChI is InChI=1S/C5H7NO/c7-5-3-1-2-4-6-5/h1-3,6-7H,4H2. The molecule has 1 rings (SSSR count). The van der Waals surface area contributed by atoms with Crippen LogP contribution >= 0.6 is 0 Å². The highest BCUT2D eigenvalue weighted by atomic mass is 16.3. The molecule has 1 aliphatic heterocycles. The molecule has 0 saturated heterocycles. The van der Waals surface area contributed by atoms with Crippen molar-refractivity contribution in [1.82, 2.24) is 5.32 Å². The highest BCUT2D eigenvalue weighted by molar-refractivity contribution is 5.11. The zero-order valence-corrected chi connectivity index (χ0v) is 3.89. The molecule has 2 nitrogen and oxygen atoms in total. The van der Waals surface area contributed by atoms with E-state index in [4.69, 9.17) is 5.11 Å².